The number of para-hydroxylation sites is 1. The Morgan fingerprint density at radius 3 is 2.30 bits per heavy atom. The number of hydrogen-bond donors (Lipinski definition) is 0. The van der Waals surface area contributed by atoms with E-state index in [1.165, 1.54) is 0 Å². The average molecular weight is 266 g/mol. The van der Waals surface area contributed by atoms with Crippen LogP contribution in [-0.2, 0) is 6.42 Å². The van der Waals surface area contributed by atoms with Crippen LogP contribution in [0.4, 0.5) is 0 Å². The monoisotopic (exact) mass is 266 g/mol. The van der Waals surface area contributed by atoms with Gasteiger partial charge in [-0.25, -0.2) is 0 Å². The first-order chi connectivity index (χ1) is 9.92. The van der Waals surface area contributed by atoms with Crippen LogP contribution >= 0.6 is 0 Å². The van der Waals surface area contributed by atoms with E-state index < -0.39 is 0 Å². The molecule has 0 spiro atoms. The number of aromatic nitrogens is 2. The van der Waals surface area contributed by atoms with Crippen LogP contribution < -0.4 is 4.74 Å². The van der Waals surface area contributed by atoms with Gasteiger partial charge in [-0.1, -0.05) is 36.4 Å². The number of nitrogens with zero attached hydrogens (tertiary/aromatic N) is 2. The second-order valence-corrected chi connectivity index (χ2v) is 4.28. The van der Waals surface area contributed by atoms with Crippen molar-refractivity contribution < 1.29 is 9.15 Å². The van der Waals surface area contributed by atoms with Gasteiger partial charge in [0.15, 0.2) is 0 Å². The Kier molecular flexibility index (Phi) is 3.73. The first-order valence-corrected chi connectivity index (χ1v) is 6.47. The van der Waals surface area contributed by atoms with Gasteiger partial charge in [0, 0.05) is 5.56 Å². The molecule has 1 heterocycles. The van der Waals surface area contributed by atoms with Crippen molar-refractivity contribution in [1.82, 2.24) is 10.2 Å². The fourth-order valence-electron chi connectivity index (χ4n) is 1.82. The van der Waals surface area contributed by atoms with E-state index in [9.17, 15) is 0 Å². The summed E-state index contributed by atoms with van der Waals surface area (Å²) in [6.07, 6.45) is 0.592. The smallest absolute Gasteiger partial charge is 0.247 e. The maximum absolute atomic E-state index is 5.61. The number of ether oxygens (including phenoxy) is 1. The van der Waals surface area contributed by atoms with E-state index in [2.05, 4.69) is 10.2 Å². The lowest BCUT2D eigenvalue weighted by molar-refractivity contribution is 0.307. The van der Waals surface area contributed by atoms with Gasteiger partial charge in [-0.2, -0.15) is 0 Å². The summed E-state index contributed by atoms with van der Waals surface area (Å²) in [6, 6.07) is 19.4. The molecule has 0 unspecified atom stereocenters. The molecule has 4 heteroatoms. The van der Waals surface area contributed by atoms with Gasteiger partial charge in [0.2, 0.25) is 11.8 Å². The van der Waals surface area contributed by atoms with Crippen LogP contribution in [0.2, 0.25) is 0 Å². The molecule has 100 valence electrons. The quantitative estimate of drug-likeness (QED) is 0.710. The van der Waals surface area contributed by atoms with Crippen molar-refractivity contribution in [2.45, 2.75) is 6.42 Å². The van der Waals surface area contributed by atoms with Crippen molar-refractivity contribution in [2.24, 2.45) is 0 Å². The molecule has 0 amide bonds. The Morgan fingerprint density at radius 2 is 1.55 bits per heavy atom. The van der Waals surface area contributed by atoms with Gasteiger partial charge < -0.3 is 9.15 Å². The molecule has 0 saturated heterocycles. The zero-order valence-electron chi connectivity index (χ0n) is 10.9. The molecule has 0 aliphatic heterocycles. The lowest BCUT2D eigenvalue weighted by Gasteiger charge is -2.02. The van der Waals surface area contributed by atoms with E-state index >= 15 is 0 Å². The molecule has 2 aromatic carbocycles. The van der Waals surface area contributed by atoms with Crippen LogP contribution in [0.15, 0.2) is 65.1 Å². The van der Waals surface area contributed by atoms with Gasteiger partial charge in [-0.05, 0) is 24.3 Å². The van der Waals surface area contributed by atoms with Crippen molar-refractivity contribution in [3.63, 3.8) is 0 Å². The molecule has 0 aliphatic rings. The zero-order valence-corrected chi connectivity index (χ0v) is 10.9. The maximum atomic E-state index is 5.61. The van der Waals surface area contributed by atoms with Crippen molar-refractivity contribution in [1.29, 1.82) is 0 Å². The van der Waals surface area contributed by atoms with Crippen LogP contribution in [-0.4, -0.2) is 16.8 Å². The molecule has 0 fully saturated rings. The van der Waals surface area contributed by atoms with Crippen LogP contribution in [0.3, 0.4) is 0 Å². The summed E-state index contributed by atoms with van der Waals surface area (Å²) in [5.74, 6) is 1.97. The van der Waals surface area contributed by atoms with Crippen molar-refractivity contribution >= 4 is 0 Å². The van der Waals surface area contributed by atoms with Crippen LogP contribution in [0.1, 0.15) is 5.89 Å². The molecule has 0 aliphatic carbocycles. The molecule has 20 heavy (non-hydrogen) atoms. The molecule has 0 N–H and O–H groups in total. The molecule has 0 radical (unpaired) electrons. The number of benzene rings is 2. The third-order valence-electron chi connectivity index (χ3n) is 2.82. The fourth-order valence-corrected chi connectivity index (χ4v) is 1.82. The normalized spacial score (nSPS) is 10.4. The lowest BCUT2D eigenvalue weighted by atomic mass is 10.2. The molecule has 4 nitrogen and oxygen atoms in total. The fraction of sp³-hybridized carbons (Fsp3) is 0.125. The van der Waals surface area contributed by atoms with Crippen LogP contribution in [0.25, 0.3) is 11.5 Å². The topological polar surface area (TPSA) is 48.2 Å². The minimum absolute atomic E-state index is 0.514. The second kappa shape index (κ2) is 6.02. The Hall–Kier alpha value is -2.62. The highest BCUT2D eigenvalue weighted by molar-refractivity contribution is 5.51. The molecule has 0 bridgehead atoms. The Labute approximate surface area is 117 Å². The van der Waals surface area contributed by atoms with E-state index in [4.69, 9.17) is 9.15 Å². The predicted molar refractivity (Wildman–Crippen MR) is 75.4 cm³/mol. The SMILES string of the molecule is c1ccc(OCCc2nnc(-c3ccccc3)o2)cc1. The summed E-state index contributed by atoms with van der Waals surface area (Å²) in [5.41, 5.74) is 0.926. The van der Waals surface area contributed by atoms with Gasteiger partial charge >= 0.3 is 0 Å². The Balaban J connectivity index is 1.58. The molecule has 0 saturated carbocycles. The minimum atomic E-state index is 0.514. The van der Waals surface area contributed by atoms with Gasteiger partial charge in [0.25, 0.3) is 0 Å². The van der Waals surface area contributed by atoms with Crippen molar-refractivity contribution in [2.75, 3.05) is 6.61 Å². The van der Waals surface area contributed by atoms with Crippen molar-refractivity contribution in [3.8, 4) is 17.2 Å². The zero-order chi connectivity index (χ0) is 13.6. The highest BCUT2D eigenvalue weighted by Crippen LogP contribution is 2.17. The minimum Gasteiger partial charge on any atom is -0.493 e. The van der Waals surface area contributed by atoms with Crippen LogP contribution in [0.5, 0.6) is 5.75 Å². The van der Waals surface area contributed by atoms with Crippen LogP contribution in [0, 0.1) is 0 Å². The number of rotatable bonds is 5. The molecule has 3 rings (SSSR count). The molecular formula is C16H14N2O2. The van der Waals surface area contributed by atoms with Gasteiger partial charge in [0.1, 0.15) is 5.75 Å². The second-order valence-electron chi connectivity index (χ2n) is 4.28. The van der Waals surface area contributed by atoms with Gasteiger partial charge in [-0.3, -0.25) is 0 Å². The lowest BCUT2D eigenvalue weighted by Crippen LogP contribution is -2.01. The van der Waals surface area contributed by atoms with E-state index in [-0.39, 0.29) is 0 Å². The van der Waals surface area contributed by atoms with E-state index in [1.54, 1.807) is 0 Å². The first kappa shape index (κ1) is 12.4. The molecular weight excluding hydrogens is 252 g/mol. The standard InChI is InChI=1S/C16H14N2O2/c1-3-7-13(8-4-1)16-18-17-15(20-16)11-12-19-14-9-5-2-6-10-14/h1-10H,11-12H2. The summed E-state index contributed by atoms with van der Waals surface area (Å²) < 4.78 is 11.2. The summed E-state index contributed by atoms with van der Waals surface area (Å²) in [7, 11) is 0. The predicted octanol–water partition coefficient (Wildman–Crippen LogP) is 3.36. The van der Waals surface area contributed by atoms with Gasteiger partial charge in [-0.15, -0.1) is 10.2 Å². The summed E-state index contributed by atoms with van der Waals surface area (Å²) in [4.78, 5) is 0. The Bertz CT molecular complexity index is 651. The third kappa shape index (κ3) is 3.03. The van der Waals surface area contributed by atoms with E-state index in [0.29, 0.717) is 24.8 Å². The molecule has 1 aromatic heterocycles. The molecule has 3 aromatic rings. The Morgan fingerprint density at radius 1 is 0.850 bits per heavy atom. The molecule has 0 atom stereocenters. The third-order valence-corrected chi connectivity index (χ3v) is 2.82. The largest absolute Gasteiger partial charge is 0.493 e. The first-order valence-electron chi connectivity index (χ1n) is 6.47. The van der Waals surface area contributed by atoms with E-state index in [0.717, 1.165) is 11.3 Å². The van der Waals surface area contributed by atoms with E-state index in [1.807, 2.05) is 60.7 Å². The summed E-state index contributed by atoms with van der Waals surface area (Å²) in [6.45, 7) is 0.514. The summed E-state index contributed by atoms with van der Waals surface area (Å²) >= 11 is 0. The highest BCUT2D eigenvalue weighted by Gasteiger charge is 2.07. The summed E-state index contributed by atoms with van der Waals surface area (Å²) in [5, 5.41) is 8.07. The maximum Gasteiger partial charge on any atom is 0.247 e. The van der Waals surface area contributed by atoms with Gasteiger partial charge in [0.05, 0.1) is 13.0 Å². The highest BCUT2D eigenvalue weighted by atomic mass is 16.5. The average Bonchev–Trinajstić information content (AvgIpc) is 2.98. The number of hydrogen-bond acceptors (Lipinski definition) is 4. The van der Waals surface area contributed by atoms with Crippen molar-refractivity contribution in [3.05, 3.63) is 66.6 Å².